The van der Waals surface area contributed by atoms with Crippen LogP contribution in [0.3, 0.4) is 0 Å². The monoisotopic (exact) mass is 498 g/mol. The minimum Gasteiger partial charge on any atom is -0.447 e. The number of azo groups is 2. The number of rotatable bonds is 6. The number of nitrogens with zero attached hydrogens (tertiary/aromatic N) is 4. The maximum atomic E-state index is 11.3. The summed E-state index contributed by atoms with van der Waals surface area (Å²) in [6, 6.07) is 0. The number of unbranched alkanes of at least 4 members (excludes halogenated alkanes) is 1. The summed E-state index contributed by atoms with van der Waals surface area (Å²) in [5.41, 5.74) is 0. The van der Waals surface area contributed by atoms with E-state index in [1.165, 1.54) is 12.8 Å². The van der Waals surface area contributed by atoms with E-state index in [1.54, 1.807) is 13.8 Å². The van der Waals surface area contributed by atoms with Crippen LogP contribution in [0.25, 0.3) is 0 Å². The van der Waals surface area contributed by atoms with Crippen molar-refractivity contribution in [3.8, 4) is 0 Å². The molecule has 0 aromatic carbocycles. The summed E-state index contributed by atoms with van der Waals surface area (Å²) in [4.78, 5) is 44.5. The minimum atomic E-state index is -0.874. The fourth-order valence-corrected chi connectivity index (χ4v) is 3.42. The lowest BCUT2D eigenvalue weighted by Crippen LogP contribution is -2.19. The third-order valence-electron chi connectivity index (χ3n) is 5.13. The van der Waals surface area contributed by atoms with E-state index in [0.29, 0.717) is 6.61 Å². The Hall–Kier alpha value is -2.92. The maximum absolute atomic E-state index is 11.3. The molecule has 0 atom stereocenters. The summed E-state index contributed by atoms with van der Waals surface area (Å²) in [6.45, 7) is 5.66. The molecule has 0 radical (unpaired) electrons. The first kappa shape index (κ1) is 30.1. The van der Waals surface area contributed by atoms with Crippen molar-refractivity contribution < 1.29 is 38.1 Å². The molecule has 0 spiro atoms. The minimum absolute atomic E-state index is 0.0821. The van der Waals surface area contributed by atoms with Gasteiger partial charge in [0.25, 0.3) is 0 Å². The van der Waals surface area contributed by atoms with Crippen LogP contribution in [0.5, 0.6) is 0 Å². The largest absolute Gasteiger partial charge is 0.452 e. The highest BCUT2D eigenvalue weighted by atomic mass is 16.6. The first-order chi connectivity index (χ1) is 16.8. The highest BCUT2D eigenvalue weighted by Gasteiger charge is 2.18. The SMILES string of the molecule is CC(C)OC(=O)N=NC(=O)OC1CCCCC1.CCCCOC(=O)N=NC(=O)OC1CCCCC1. The van der Waals surface area contributed by atoms with Gasteiger partial charge in [-0.25, -0.2) is 19.2 Å². The third-order valence-corrected chi connectivity index (χ3v) is 5.13. The topological polar surface area (TPSA) is 155 Å². The van der Waals surface area contributed by atoms with Gasteiger partial charge in [-0.1, -0.05) is 46.6 Å². The van der Waals surface area contributed by atoms with E-state index < -0.39 is 24.4 Å². The number of amides is 4. The van der Waals surface area contributed by atoms with Crippen LogP contribution >= 0.6 is 0 Å². The van der Waals surface area contributed by atoms with Gasteiger partial charge in [0.05, 0.1) is 12.7 Å². The van der Waals surface area contributed by atoms with Crippen molar-refractivity contribution in [2.45, 2.75) is 116 Å². The van der Waals surface area contributed by atoms with Gasteiger partial charge in [0.2, 0.25) is 0 Å². The first-order valence-corrected chi connectivity index (χ1v) is 12.4. The highest BCUT2D eigenvalue weighted by molar-refractivity contribution is 5.73. The third kappa shape index (κ3) is 16.4. The van der Waals surface area contributed by atoms with Crippen LogP contribution in [0, 0.1) is 0 Å². The van der Waals surface area contributed by atoms with Crippen LogP contribution < -0.4 is 0 Å². The Labute approximate surface area is 206 Å². The summed E-state index contributed by atoms with van der Waals surface area (Å²) < 4.78 is 19.5. The standard InChI is InChI=1S/C12H20N2O4.C11H18N2O4/c1-2-3-9-17-11(15)13-14-12(16)18-10-7-5-4-6-8-10;1-8(2)16-10(14)12-13-11(15)17-9-6-4-3-5-7-9/h10H,2-9H2,1H3;8-9H,3-7H2,1-2H3. The van der Waals surface area contributed by atoms with Crippen molar-refractivity contribution in [1.82, 2.24) is 0 Å². The summed E-state index contributed by atoms with van der Waals surface area (Å²) in [5.74, 6) is 0. The van der Waals surface area contributed by atoms with E-state index >= 15 is 0 Å². The van der Waals surface area contributed by atoms with Gasteiger partial charge in [-0.05, 0) is 71.6 Å². The van der Waals surface area contributed by atoms with E-state index in [-0.39, 0.29) is 18.3 Å². The zero-order valence-electron chi connectivity index (χ0n) is 21.0. The molecular weight excluding hydrogens is 460 g/mol. The van der Waals surface area contributed by atoms with Crippen molar-refractivity contribution in [2.24, 2.45) is 20.5 Å². The summed E-state index contributed by atoms with van der Waals surface area (Å²) in [6.07, 6.45) is 7.94. The smallest absolute Gasteiger partial charge is 0.447 e. The second-order valence-electron chi connectivity index (χ2n) is 8.59. The van der Waals surface area contributed by atoms with E-state index in [2.05, 4.69) is 25.2 Å². The van der Waals surface area contributed by atoms with Crippen LogP contribution in [0.15, 0.2) is 20.5 Å². The quantitative estimate of drug-likeness (QED) is 0.210. The van der Waals surface area contributed by atoms with Crippen molar-refractivity contribution in [3.05, 3.63) is 0 Å². The predicted molar refractivity (Wildman–Crippen MR) is 124 cm³/mol. The van der Waals surface area contributed by atoms with E-state index in [1.807, 2.05) is 6.92 Å². The lowest BCUT2D eigenvalue weighted by atomic mass is 9.98. The van der Waals surface area contributed by atoms with Crippen molar-refractivity contribution in [1.29, 1.82) is 0 Å². The van der Waals surface area contributed by atoms with Crippen molar-refractivity contribution in [3.63, 3.8) is 0 Å². The molecule has 0 saturated heterocycles. The zero-order chi connectivity index (χ0) is 25.9. The molecule has 0 bridgehead atoms. The molecule has 12 nitrogen and oxygen atoms in total. The Morgan fingerprint density at radius 2 is 1.11 bits per heavy atom. The molecule has 0 aliphatic heterocycles. The summed E-state index contributed by atoms with van der Waals surface area (Å²) >= 11 is 0. The summed E-state index contributed by atoms with van der Waals surface area (Å²) in [7, 11) is 0. The number of carbonyl (C=O) groups is 4. The Bertz CT molecular complexity index is 714. The molecule has 0 aromatic heterocycles. The van der Waals surface area contributed by atoms with Crippen LogP contribution in [0.2, 0.25) is 0 Å². The van der Waals surface area contributed by atoms with Gasteiger partial charge in [0, 0.05) is 0 Å². The average Bonchev–Trinajstić information content (AvgIpc) is 2.83. The van der Waals surface area contributed by atoms with Gasteiger partial charge in [0.15, 0.2) is 0 Å². The van der Waals surface area contributed by atoms with Gasteiger partial charge in [-0.3, -0.25) is 0 Å². The molecule has 35 heavy (non-hydrogen) atoms. The summed E-state index contributed by atoms with van der Waals surface area (Å²) in [5, 5.41) is 12.6. The lowest BCUT2D eigenvalue weighted by Gasteiger charge is -2.20. The van der Waals surface area contributed by atoms with Crippen LogP contribution in [-0.4, -0.2) is 49.3 Å². The fraction of sp³-hybridized carbons (Fsp3) is 0.826. The molecule has 0 aromatic rings. The van der Waals surface area contributed by atoms with Crippen molar-refractivity contribution in [2.75, 3.05) is 6.61 Å². The van der Waals surface area contributed by atoms with E-state index in [0.717, 1.165) is 64.2 Å². The Balaban J connectivity index is 0.000000351. The zero-order valence-corrected chi connectivity index (χ0v) is 21.0. The average molecular weight is 499 g/mol. The molecule has 0 N–H and O–H groups in total. The maximum Gasteiger partial charge on any atom is 0.452 e. The molecule has 0 heterocycles. The Morgan fingerprint density at radius 3 is 1.54 bits per heavy atom. The molecule has 2 aliphatic rings. The normalized spacial score (nSPS) is 17.0. The van der Waals surface area contributed by atoms with Gasteiger partial charge in [-0.2, -0.15) is 0 Å². The molecule has 2 fully saturated rings. The van der Waals surface area contributed by atoms with Crippen molar-refractivity contribution >= 4 is 24.4 Å². The Kier molecular flexibility index (Phi) is 15.8. The number of carbonyl (C=O) groups excluding carboxylic acids is 4. The number of hydrogen-bond donors (Lipinski definition) is 0. The molecule has 4 amide bonds. The van der Waals surface area contributed by atoms with Crippen LogP contribution in [0.4, 0.5) is 19.2 Å². The molecule has 198 valence electrons. The second-order valence-corrected chi connectivity index (χ2v) is 8.59. The molecule has 2 saturated carbocycles. The number of ether oxygens (including phenoxy) is 4. The van der Waals surface area contributed by atoms with Gasteiger partial charge >= 0.3 is 24.4 Å². The van der Waals surface area contributed by atoms with Crippen LogP contribution in [0.1, 0.15) is 97.8 Å². The molecule has 2 rings (SSSR count). The van der Waals surface area contributed by atoms with Gasteiger partial charge in [0.1, 0.15) is 12.2 Å². The molecule has 12 heteroatoms. The van der Waals surface area contributed by atoms with Gasteiger partial charge < -0.3 is 18.9 Å². The second kappa shape index (κ2) is 18.4. The molecule has 2 aliphatic carbocycles. The fourth-order valence-electron chi connectivity index (χ4n) is 3.42. The Morgan fingerprint density at radius 1 is 0.686 bits per heavy atom. The first-order valence-electron chi connectivity index (χ1n) is 12.4. The van der Waals surface area contributed by atoms with E-state index in [4.69, 9.17) is 14.2 Å². The molecular formula is C23H38N4O8. The van der Waals surface area contributed by atoms with E-state index in [9.17, 15) is 19.2 Å². The predicted octanol–water partition coefficient (Wildman–Crippen LogP) is 7.30. The number of hydrogen-bond acceptors (Lipinski definition) is 8. The lowest BCUT2D eigenvalue weighted by molar-refractivity contribution is 0.0804. The van der Waals surface area contributed by atoms with Gasteiger partial charge in [-0.15, -0.1) is 0 Å². The van der Waals surface area contributed by atoms with Crippen LogP contribution in [-0.2, 0) is 18.9 Å². The highest BCUT2D eigenvalue weighted by Crippen LogP contribution is 2.21. The molecule has 0 unspecified atom stereocenters.